The van der Waals surface area contributed by atoms with E-state index in [-0.39, 0.29) is 17.2 Å². The lowest BCUT2D eigenvalue weighted by Gasteiger charge is -2.25. The summed E-state index contributed by atoms with van der Waals surface area (Å²) in [4.78, 5) is 21.9. The SMILES string of the molecule is C=C(CC)CC(CC)Oc1cc2ncc(-c3ccc(CC(=O)C(=N)c4coc(C(C)(C)C(F)(F)F)c4)c(F)c3)nc2cc1OC. The summed E-state index contributed by atoms with van der Waals surface area (Å²) in [5.41, 5.74) is -0.0528. The van der Waals surface area contributed by atoms with E-state index in [9.17, 15) is 18.0 Å². The van der Waals surface area contributed by atoms with Crippen molar-refractivity contribution in [2.75, 3.05) is 7.11 Å². The molecule has 0 fully saturated rings. The van der Waals surface area contributed by atoms with Gasteiger partial charge in [0.05, 0.1) is 30.0 Å². The van der Waals surface area contributed by atoms with Gasteiger partial charge in [-0.05, 0) is 44.4 Å². The molecule has 0 saturated carbocycles. The lowest BCUT2D eigenvalue weighted by Crippen LogP contribution is -2.35. The molecule has 0 bridgehead atoms. The molecule has 2 aromatic carbocycles. The van der Waals surface area contributed by atoms with Crippen molar-refractivity contribution >= 4 is 22.5 Å². The van der Waals surface area contributed by atoms with Crippen molar-refractivity contribution in [3.8, 4) is 22.8 Å². The highest BCUT2D eigenvalue weighted by molar-refractivity contribution is 6.45. The number of rotatable bonds is 13. The zero-order valence-corrected chi connectivity index (χ0v) is 25.8. The maximum absolute atomic E-state index is 15.2. The van der Waals surface area contributed by atoms with E-state index < -0.39 is 41.1 Å². The number of alkyl halides is 3. The molecular weight excluding hydrogens is 590 g/mol. The molecule has 238 valence electrons. The minimum Gasteiger partial charge on any atom is -0.493 e. The summed E-state index contributed by atoms with van der Waals surface area (Å²) in [6, 6.07) is 8.66. The summed E-state index contributed by atoms with van der Waals surface area (Å²) in [5.74, 6) is -0.909. The number of hydrogen-bond acceptors (Lipinski definition) is 7. The molecule has 0 aliphatic rings. The molecule has 1 atom stereocenters. The molecule has 1 N–H and O–H groups in total. The Hall–Kier alpha value is -4.54. The lowest BCUT2D eigenvalue weighted by atomic mass is 9.89. The van der Waals surface area contributed by atoms with E-state index in [0.717, 1.165) is 51.0 Å². The molecule has 0 amide bonds. The smallest absolute Gasteiger partial charge is 0.400 e. The van der Waals surface area contributed by atoms with Gasteiger partial charge in [0.15, 0.2) is 17.3 Å². The zero-order chi connectivity index (χ0) is 33.1. The fourth-order valence-corrected chi connectivity index (χ4v) is 4.53. The number of halogens is 4. The van der Waals surface area contributed by atoms with Crippen LogP contribution in [0.2, 0.25) is 0 Å². The Labute approximate surface area is 258 Å². The van der Waals surface area contributed by atoms with Crippen molar-refractivity contribution in [2.45, 2.75) is 71.1 Å². The summed E-state index contributed by atoms with van der Waals surface area (Å²) in [6.07, 6.45) is -0.348. The van der Waals surface area contributed by atoms with Gasteiger partial charge in [0.25, 0.3) is 0 Å². The summed E-state index contributed by atoms with van der Waals surface area (Å²) in [7, 11) is 1.53. The van der Waals surface area contributed by atoms with Gasteiger partial charge in [-0.1, -0.05) is 38.1 Å². The van der Waals surface area contributed by atoms with Crippen molar-refractivity contribution < 1.29 is 36.2 Å². The largest absolute Gasteiger partial charge is 0.493 e. The van der Waals surface area contributed by atoms with E-state index >= 15 is 4.39 Å². The number of methoxy groups -OCH3 is 1. The van der Waals surface area contributed by atoms with Gasteiger partial charge >= 0.3 is 6.18 Å². The highest BCUT2D eigenvalue weighted by Crippen LogP contribution is 2.41. The van der Waals surface area contributed by atoms with Crippen LogP contribution in [0.4, 0.5) is 17.6 Å². The predicted molar refractivity (Wildman–Crippen MR) is 164 cm³/mol. The first kappa shape index (κ1) is 33.4. The average molecular weight is 626 g/mol. The molecule has 0 spiro atoms. The van der Waals surface area contributed by atoms with Crippen LogP contribution in [0.25, 0.3) is 22.3 Å². The van der Waals surface area contributed by atoms with E-state index in [1.807, 2.05) is 6.92 Å². The molecule has 1 unspecified atom stereocenters. The second-order valence-electron chi connectivity index (χ2n) is 11.3. The number of ether oxygens (including phenoxy) is 2. The first-order valence-electron chi connectivity index (χ1n) is 14.4. The fraction of sp³-hybridized carbons (Fsp3) is 0.353. The minimum absolute atomic E-state index is 0.0151. The Morgan fingerprint density at radius 2 is 1.80 bits per heavy atom. The maximum atomic E-state index is 15.2. The number of ketones is 1. The second kappa shape index (κ2) is 13.2. The Balaban J connectivity index is 1.52. The number of furan rings is 1. The van der Waals surface area contributed by atoms with Gasteiger partial charge in [0.2, 0.25) is 0 Å². The van der Waals surface area contributed by atoms with E-state index in [0.29, 0.717) is 33.8 Å². The number of nitrogens with zero attached hydrogens (tertiary/aromatic N) is 2. The molecule has 7 nitrogen and oxygen atoms in total. The fourth-order valence-electron chi connectivity index (χ4n) is 4.53. The number of carbonyl (C=O) groups is 1. The van der Waals surface area contributed by atoms with Crippen molar-refractivity contribution in [3.05, 3.63) is 83.7 Å². The van der Waals surface area contributed by atoms with Crippen LogP contribution in [-0.2, 0) is 16.6 Å². The molecule has 2 aromatic heterocycles. The number of Topliss-reactive ketones (excluding diaryl/α,β-unsaturated/α-hetero) is 1. The van der Waals surface area contributed by atoms with E-state index in [4.69, 9.17) is 19.3 Å². The number of fused-ring (bicyclic) bond motifs is 1. The molecule has 45 heavy (non-hydrogen) atoms. The number of aromatic nitrogens is 2. The molecule has 2 heterocycles. The molecule has 0 radical (unpaired) electrons. The molecule has 0 saturated heterocycles. The second-order valence-corrected chi connectivity index (χ2v) is 11.3. The Morgan fingerprint density at radius 3 is 2.42 bits per heavy atom. The number of benzene rings is 2. The summed E-state index contributed by atoms with van der Waals surface area (Å²) in [6.45, 7) is 10.0. The van der Waals surface area contributed by atoms with Crippen molar-refractivity contribution in [2.24, 2.45) is 0 Å². The van der Waals surface area contributed by atoms with Crippen molar-refractivity contribution in [1.29, 1.82) is 5.41 Å². The molecule has 4 aromatic rings. The van der Waals surface area contributed by atoms with Gasteiger partial charge in [-0.15, -0.1) is 0 Å². The highest BCUT2D eigenvalue weighted by Gasteiger charge is 2.50. The van der Waals surface area contributed by atoms with E-state index in [1.165, 1.54) is 25.4 Å². The predicted octanol–water partition coefficient (Wildman–Crippen LogP) is 8.57. The third kappa shape index (κ3) is 7.24. The van der Waals surface area contributed by atoms with Crippen LogP contribution in [-0.4, -0.2) is 40.9 Å². The van der Waals surface area contributed by atoms with Crippen molar-refractivity contribution in [3.63, 3.8) is 0 Å². The van der Waals surface area contributed by atoms with Gasteiger partial charge in [0.1, 0.15) is 35.1 Å². The third-order valence-corrected chi connectivity index (χ3v) is 7.78. The first-order valence-corrected chi connectivity index (χ1v) is 14.4. The maximum Gasteiger partial charge on any atom is 0.400 e. The number of carbonyl (C=O) groups excluding carboxylic acids is 1. The molecule has 4 rings (SSSR count). The zero-order valence-electron chi connectivity index (χ0n) is 25.8. The normalized spacial score (nSPS) is 12.6. The van der Waals surface area contributed by atoms with Gasteiger partial charge in [-0.2, -0.15) is 13.2 Å². The van der Waals surface area contributed by atoms with Crippen LogP contribution < -0.4 is 9.47 Å². The number of nitrogens with one attached hydrogen (secondary N) is 1. The monoisotopic (exact) mass is 625 g/mol. The van der Waals surface area contributed by atoms with Crippen LogP contribution in [0.1, 0.15) is 63.8 Å². The number of hydrogen-bond donors (Lipinski definition) is 1. The van der Waals surface area contributed by atoms with E-state index in [1.54, 1.807) is 18.2 Å². The third-order valence-electron chi connectivity index (χ3n) is 7.78. The van der Waals surface area contributed by atoms with Gasteiger partial charge < -0.3 is 13.9 Å². The molecular formula is C34H35F4N3O4. The summed E-state index contributed by atoms with van der Waals surface area (Å²) < 4.78 is 72.0. The first-order chi connectivity index (χ1) is 21.2. The van der Waals surface area contributed by atoms with Gasteiger partial charge in [-0.25, -0.2) is 9.37 Å². The Morgan fingerprint density at radius 1 is 1.09 bits per heavy atom. The quantitative estimate of drug-likeness (QED) is 0.0908. The molecule has 0 aliphatic heterocycles. The highest BCUT2D eigenvalue weighted by atomic mass is 19.4. The summed E-state index contributed by atoms with van der Waals surface area (Å²) in [5, 5.41) is 8.16. The minimum atomic E-state index is -4.60. The average Bonchev–Trinajstić information content (AvgIpc) is 3.51. The van der Waals surface area contributed by atoms with Crippen LogP contribution in [0.3, 0.4) is 0 Å². The van der Waals surface area contributed by atoms with Crippen LogP contribution in [0, 0.1) is 11.2 Å². The summed E-state index contributed by atoms with van der Waals surface area (Å²) >= 11 is 0. The van der Waals surface area contributed by atoms with Gasteiger partial charge in [-0.3, -0.25) is 15.2 Å². The molecule has 0 aliphatic carbocycles. The Kier molecular flexibility index (Phi) is 9.79. The van der Waals surface area contributed by atoms with E-state index in [2.05, 4.69) is 23.5 Å². The van der Waals surface area contributed by atoms with Crippen LogP contribution in [0.15, 0.2) is 65.4 Å². The van der Waals surface area contributed by atoms with Crippen molar-refractivity contribution in [1.82, 2.24) is 9.97 Å². The van der Waals surface area contributed by atoms with Gasteiger partial charge in [0, 0.05) is 36.1 Å². The Bertz CT molecular complexity index is 1740. The standard InChI is InChI=1S/C34H35F4N3O4/c1-7-19(3)11-23(8-2)45-30-15-25-26(16-29(30)43-6)41-27(17-40-25)21-10-9-20(24(35)12-21)13-28(42)32(39)22-14-31(44-18-22)33(4,5)34(36,37)38/h9-10,12,14-18,23,39H,3,7-8,11,13H2,1-2,4-6H3. The van der Waals surface area contributed by atoms with Crippen LogP contribution >= 0.6 is 0 Å². The van der Waals surface area contributed by atoms with Crippen LogP contribution in [0.5, 0.6) is 11.5 Å². The topological polar surface area (TPSA) is 98.3 Å². The lowest BCUT2D eigenvalue weighted by molar-refractivity contribution is -0.184. The molecule has 11 heteroatoms.